The van der Waals surface area contributed by atoms with Gasteiger partial charge in [0.2, 0.25) is 0 Å². The summed E-state index contributed by atoms with van der Waals surface area (Å²) in [6.45, 7) is 6.28. The average molecular weight is 359 g/mol. The number of carbonyl (C=O) groups excluding carboxylic acids is 1. The van der Waals surface area contributed by atoms with Gasteiger partial charge in [0.05, 0.1) is 0 Å². The number of rotatable bonds is 4. The summed E-state index contributed by atoms with van der Waals surface area (Å²) in [5, 5.41) is 3.56. The Morgan fingerprint density at radius 3 is 2.76 bits per heavy atom. The molecule has 1 saturated heterocycles. The van der Waals surface area contributed by atoms with Crippen molar-refractivity contribution in [2.24, 2.45) is 0 Å². The fraction of sp³-hybridized carbons (Fsp3) is 0.368. The van der Waals surface area contributed by atoms with Gasteiger partial charge in [0.1, 0.15) is 5.82 Å². The minimum Gasteiger partial charge on any atom is -0.354 e. The van der Waals surface area contributed by atoms with Crippen molar-refractivity contribution in [1.82, 2.24) is 15.2 Å². The average Bonchev–Trinajstić information content (AvgIpc) is 2.63. The summed E-state index contributed by atoms with van der Waals surface area (Å²) in [6.07, 6.45) is 1.81. The number of piperazine rings is 1. The molecule has 1 aromatic heterocycles. The van der Waals surface area contributed by atoms with Crippen molar-refractivity contribution in [1.29, 1.82) is 0 Å². The highest BCUT2D eigenvalue weighted by Gasteiger charge is 2.18. The zero-order chi connectivity index (χ0) is 17.8. The van der Waals surface area contributed by atoms with Gasteiger partial charge < -0.3 is 15.1 Å². The van der Waals surface area contributed by atoms with Crippen LogP contribution in [0.2, 0.25) is 5.02 Å². The predicted molar refractivity (Wildman–Crippen MR) is 101 cm³/mol. The number of amides is 1. The molecule has 1 amide bonds. The monoisotopic (exact) mass is 358 g/mol. The van der Waals surface area contributed by atoms with E-state index >= 15 is 0 Å². The van der Waals surface area contributed by atoms with Crippen LogP contribution in [0, 0.1) is 6.92 Å². The molecule has 1 aromatic carbocycles. The number of aromatic nitrogens is 1. The van der Waals surface area contributed by atoms with Crippen molar-refractivity contribution < 1.29 is 4.79 Å². The van der Waals surface area contributed by atoms with Crippen molar-refractivity contribution in [3.8, 4) is 0 Å². The number of benzene rings is 1. The molecule has 1 aliphatic rings. The first-order valence-corrected chi connectivity index (χ1v) is 8.84. The van der Waals surface area contributed by atoms with E-state index in [1.807, 2.05) is 25.1 Å². The van der Waals surface area contributed by atoms with Gasteiger partial charge in [0.25, 0.3) is 5.91 Å². The Bertz CT molecular complexity index is 757. The molecule has 0 spiro atoms. The Hall–Kier alpha value is -2.11. The first kappa shape index (κ1) is 17.7. The van der Waals surface area contributed by atoms with E-state index in [1.54, 1.807) is 18.3 Å². The maximum Gasteiger partial charge on any atom is 0.251 e. The molecule has 5 nitrogen and oxygen atoms in total. The minimum absolute atomic E-state index is 0.117. The predicted octanol–water partition coefficient (Wildman–Crippen LogP) is 2.73. The van der Waals surface area contributed by atoms with Gasteiger partial charge in [-0.3, -0.25) is 4.79 Å². The van der Waals surface area contributed by atoms with Gasteiger partial charge in [0, 0.05) is 55.1 Å². The second kappa shape index (κ2) is 7.85. The van der Waals surface area contributed by atoms with Gasteiger partial charge >= 0.3 is 0 Å². The van der Waals surface area contributed by atoms with E-state index in [9.17, 15) is 4.79 Å². The number of nitrogens with one attached hydrogen (secondary N) is 1. The third kappa shape index (κ3) is 4.30. The molecule has 0 bridgehead atoms. The minimum atomic E-state index is -0.117. The summed E-state index contributed by atoms with van der Waals surface area (Å²) < 4.78 is 0. The van der Waals surface area contributed by atoms with Crippen LogP contribution in [-0.4, -0.2) is 49.0 Å². The highest BCUT2D eigenvalue weighted by Crippen LogP contribution is 2.19. The van der Waals surface area contributed by atoms with Crippen LogP contribution in [-0.2, 0) is 6.54 Å². The Kier molecular flexibility index (Phi) is 5.56. The van der Waals surface area contributed by atoms with Crippen molar-refractivity contribution in [2.45, 2.75) is 13.5 Å². The third-order valence-electron chi connectivity index (χ3n) is 4.55. The van der Waals surface area contributed by atoms with Crippen molar-refractivity contribution in [2.75, 3.05) is 38.1 Å². The number of anilines is 1. The summed E-state index contributed by atoms with van der Waals surface area (Å²) >= 11 is 6.02. The molecule has 1 N–H and O–H groups in total. The van der Waals surface area contributed by atoms with Crippen LogP contribution in [0.5, 0.6) is 0 Å². The number of halogens is 1. The molecule has 0 saturated carbocycles. The fourth-order valence-corrected chi connectivity index (χ4v) is 3.15. The largest absolute Gasteiger partial charge is 0.354 e. The lowest BCUT2D eigenvalue weighted by Crippen LogP contribution is -2.45. The van der Waals surface area contributed by atoms with Crippen LogP contribution < -0.4 is 10.2 Å². The first-order chi connectivity index (χ1) is 12.0. The van der Waals surface area contributed by atoms with Crippen molar-refractivity contribution in [3.05, 3.63) is 58.2 Å². The van der Waals surface area contributed by atoms with Gasteiger partial charge in [-0.05, 0) is 37.7 Å². The number of pyridine rings is 1. The lowest BCUT2D eigenvalue weighted by atomic mass is 10.1. The molecule has 2 heterocycles. The summed E-state index contributed by atoms with van der Waals surface area (Å²) in [7, 11) is 2.13. The molecule has 0 radical (unpaired) electrons. The Morgan fingerprint density at radius 1 is 1.24 bits per heavy atom. The quantitative estimate of drug-likeness (QED) is 0.913. The molecule has 25 heavy (non-hydrogen) atoms. The molecule has 1 fully saturated rings. The van der Waals surface area contributed by atoms with Gasteiger partial charge in [0.15, 0.2) is 0 Å². The molecule has 132 valence electrons. The van der Waals surface area contributed by atoms with E-state index in [-0.39, 0.29) is 5.91 Å². The Balaban J connectivity index is 1.71. The molecule has 0 atom stereocenters. The molecular formula is C19H23ClN4O. The van der Waals surface area contributed by atoms with Crippen LogP contribution in [0.15, 0.2) is 36.5 Å². The Morgan fingerprint density at radius 2 is 2.00 bits per heavy atom. The number of carbonyl (C=O) groups is 1. The number of likely N-dealkylation sites (N-methyl/N-ethyl adjacent to an activating group) is 1. The standard InChI is InChI=1S/C19H23ClN4O/c1-14-5-6-16(20)12-17(14)19(25)22-13-15-4-3-7-21-18(15)24-10-8-23(2)9-11-24/h3-7,12H,8-11,13H2,1-2H3,(H,22,25). The van der Waals surface area contributed by atoms with Gasteiger partial charge in [-0.25, -0.2) is 4.98 Å². The van der Waals surface area contributed by atoms with Crippen LogP contribution in [0.4, 0.5) is 5.82 Å². The van der Waals surface area contributed by atoms with Crippen LogP contribution in [0.3, 0.4) is 0 Å². The molecule has 0 unspecified atom stereocenters. The fourth-order valence-electron chi connectivity index (χ4n) is 2.98. The highest BCUT2D eigenvalue weighted by atomic mass is 35.5. The molecule has 1 aliphatic heterocycles. The summed E-state index contributed by atoms with van der Waals surface area (Å²) in [6, 6.07) is 9.28. The van der Waals surface area contributed by atoms with E-state index in [0.29, 0.717) is 17.1 Å². The smallest absolute Gasteiger partial charge is 0.251 e. The Labute approximate surface area is 153 Å². The maximum absolute atomic E-state index is 12.5. The van der Waals surface area contributed by atoms with E-state index in [0.717, 1.165) is 43.1 Å². The van der Waals surface area contributed by atoms with Crippen LogP contribution >= 0.6 is 11.6 Å². The molecule has 2 aromatic rings. The number of nitrogens with zero attached hydrogens (tertiary/aromatic N) is 3. The van der Waals surface area contributed by atoms with E-state index in [2.05, 4.69) is 27.1 Å². The van der Waals surface area contributed by atoms with Crippen LogP contribution in [0.25, 0.3) is 0 Å². The van der Waals surface area contributed by atoms with Gasteiger partial charge in [-0.1, -0.05) is 23.7 Å². The molecule has 6 heteroatoms. The van der Waals surface area contributed by atoms with Crippen LogP contribution in [0.1, 0.15) is 21.5 Å². The molecule has 0 aliphatic carbocycles. The van der Waals surface area contributed by atoms with Crippen molar-refractivity contribution >= 4 is 23.3 Å². The summed E-state index contributed by atoms with van der Waals surface area (Å²) in [5.41, 5.74) is 2.55. The highest BCUT2D eigenvalue weighted by molar-refractivity contribution is 6.31. The number of aryl methyl sites for hydroxylation is 1. The third-order valence-corrected chi connectivity index (χ3v) is 4.79. The van der Waals surface area contributed by atoms with E-state index in [4.69, 9.17) is 11.6 Å². The first-order valence-electron chi connectivity index (χ1n) is 8.46. The van der Waals surface area contributed by atoms with Gasteiger partial charge in [-0.15, -0.1) is 0 Å². The van der Waals surface area contributed by atoms with E-state index in [1.165, 1.54) is 0 Å². The molecular weight excluding hydrogens is 336 g/mol. The lowest BCUT2D eigenvalue weighted by Gasteiger charge is -2.34. The van der Waals surface area contributed by atoms with E-state index < -0.39 is 0 Å². The number of hydrogen-bond acceptors (Lipinski definition) is 4. The summed E-state index contributed by atoms with van der Waals surface area (Å²) in [5.74, 6) is 0.840. The summed E-state index contributed by atoms with van der Waals surface area (Å²) in [4.78, 5) is 21.6. The SMILES string of the molecule is Cc1ccc(Cl)cc1C(=O)NCc1cccnc1N1CCN(C)CC1. The van der Waals surface area contributed by atoms with Gasteiger partial charge in [-0.2, -0.15) is 0 Å². The maximum atomic E-state index is 12.5. The lowest BCUT2D eigenvalue weighted by molar-refractivity contribution is 0.0950. The zero-order valence-corrected chi connectivity index (χ0v) is 15.4. The molecule has 3 rings (SSSR count). The second-order valence-electron chi connectivity index (χ2n) is 6.42. The normalized spacial score (nSPS) is 15.2. The zero-order valence-electron chi connectivity index (χ0n) is 14.6. The van der Waals surface area contributed by atoms with Crippen molar-refractivity contribution in [3.63, 3.8) is 0 Å². The second-order valence-corrected chi connectivity index (χ2v) is 6.85. The number of hydrogen-bond donors (Lipinski definition) is 1. The topological polar surface area (TPSA) is 48.5 Å².